The molecule has 0 heterocycles. The van der Waals surface area contributed by atoms with Crippen molar-refractivity contribution in [1.29, 1.82) is 0 Å². The fourth-order valence-corrected chi connectivity index (χ4v) is 2.66. The molecule has 0 aliphatic rings. The highest BCUT2D eigenvalue weighted by molar-refractivity contribution is 9.10. The number of carbonyl (C=O) groups excluding carboxylic acids is 1. The number of hydrogen-bond donors (Lipinski definition) is 1. The van der Waals surface area contributed by atoms with Crippen molar-refractivity contribution >= 4 is 27.5 Å². The molecule has 5 nitrogen and oxygen atoms in total. The number of carbonyl (C=O) groups is 1. The van der Waals surface area contributed by atoms with Gasteiger partial charge >= 0.3 is 0 Å². The second-order valence-corrected chi connectivity index (χ2v) is 6.52. The molecule has 1 amide bonds. The van der Waals surface area contributed by atoms with Crippen LogP contribution in [0, 0.1) is 6.92 Å². The Morgan fingerprint density at radius 2 is 1.92 bits per heavy atom. The summed E-state index contributed by atoms with van der Waals surface area (Å²) >= 11 is 3.39. The van der Waals surface area contributed by atoms with E-state index < -0.39 is 0 Å². The van der Waals surface area contributed by atoms with E-state index in [-0.39, 0.29) is 12.5 Å². The lowest BCUT2D eigenvalue weighted by molar-refractivity contribution is -0.123. The summed E-state index contributed by atoms with van der Waals surface area (Å²) in [5.74, 6) is 1.20. The number of hydrogen-bond acceptors (Lipinski definition) is 4. The third kappa shape index (κ3) is 6.23. The molecular formula is C19H21BrN2O3. The van der Waals surface area contributed by atoms with Gasteiger partial charge in [0.15, 0.2) is 6.61 Å². The molecule has 1 N–H and O–H groups in total. The fraction of sp³-hybridized carbons (Fsp3) is 0.263. The molecule has 6 heteroatoms. The predicted octanol–water partition coefficient (Wildman–Crippen LogP) is 3.88. The normalized spacial score (nSPS) is 11.1. The van der Waals surface area contributed by atoms with E-state index in [0.29, 0.717) is 12.2 Å². The standard InChI is InChI=1S/C19H21BrN2O3/c1-13-10-16(20)6-9-18(13)25-12-19(23)22-21-14(2)11-15-4-7-17(24-3)8-5-15/h4-10H,11-12H2,1-3H3,(H,22,23). The Bertz CT molecular complexity index is 758. The topological polar surface area (TPSA) is 59.9 Å². The lowest BCUT2D eigenvalue weighted by atomic mass is 10.1. The number of rotatable bonds is 7. The average Bonchev–Trinajstić information content (AvgIpc) is 2.60. The molecule has 0 aliphatic heterocycles. The molecule has 0 aromatic heterocycles. The van der Waals surface area contributed by atoms with Crippen LogP contribution in [-0.4, -0.2) is 25.3 Å². The van der Waals surface area contributed by atoms with Gasteiger partial charge in [-0.05, 0) is 55.3 Å². The van der Waals surface area contributed by atoms with E-state index in [4.69, 9.17) is 9.47 Å². The van der Waals surface area contributed by atoms with Gasteiger partial charge in [0.1, 0.15) is 11.5 Å². The minimum atomic E-state index is -0.295. The number of amides is 1. The van der Waals surface area contributed by atoms with Crippen molar-refractivity contribution in [3.8, 4) is 11.5 Å². The summed E-state index contributed by atoms with van der Waals surface area (Å²) in [4.78, 5) is 11.9. The molecule has 132 valence electrons. The Labute approximate surface area is 156 Å². The van der Waals surface area contributed by atoms with Gasteiger partial charge in [-0.1, -0.05) is 28.1 Å². The molecule has 2 aromatic carbocycles. The number of aryl methyl sites for hydroxylation is 1. The van der Waals surface area contributed by atoms with Crippen LogP contribution in [0.2, 0.25) is 0 Å². The van der Waals surface area contributed by atoms with Gasteiger partial charge in [-0.2, -0.15) is 5.10 Å². The number of nitrogens with one attached hydrogen (secondary N) is 1. The van der Waals surface area contributed by atoms with Crippen molar-refractivity contribution in [2.45, 2.75) is 20.3 Å². The Morgan fingerprint density at radius 3 is 2.56 bits per heavy atom. The molecule has 0 atom stereocenters. The minimum Gasteiger partial charge on any atom is -0.497 e. The van der Waals surface area contributed by atoms with Crippen LogP contribution >= 0.6 is 15.9 Å². The zero-order valence-electron chi connectivity index (χ0n) is 14.5. The van der Waals surface area contributed by atoms with Crippen LogP contribution in [0.1, 0.15) is 18.1 Å². The SMILES string of the molecule is COc1ccc(CC(C)=NNC(=O)COc2ccc(Br)cc2C)cc1. The molecule has 2 rings (SSSR count). The number of hydrazone groups is 1. The minimum absolute atomic E-state index is 0.0816. The van der Waals surface area contributed by atoms with Gasteiger partial charge in [0, 0.05) is 16.6 Å². The molecule has 25 heavy (non-hydrogen) atoms. The van der Waals surface area contributed by atoms with E-state index in [1.54, 1.807) is 7.11 Å². The smallest absolute Gasteiger partial charge is 0.277 e. The quantitative estimate of drug-likeness (QED) is 0.562. The maximum absolute atomic E-state index is 11.9. The highest BCUT2D eigenvalue weighted by atomic mass is 79.9. The van der Waals surface area contributed by atoms with E-state index in [0.717, 1.165) is 27.1 Å². The number of nitrogens with zero attached hydrogens (tertiary/aromatic N) is 1. The Balaban J connectivity index is 1.81. The fourth-order valence-electron chi connectivity index (χ4n) is 2.19. The average molecular weight is 405 g/mol. The first-order valence-corrected chi connectivity index (χ1v) is 8.61. The maximum atomic E-state index is 11.9. The van der Waals surface area contributed by atoms with Crippen molar-refractivity contribution in [3.63, 3.8) is 0 Å². The van der Waals surface area contributed by atoms with Crippen molar-refractivity contribution in [2.75, 3.05) is 13.7 Å². The molecular weight excluding hydrogens is 384 g/mol. The molecule has 0 saturated carbocycles. The summed E-state index contributed by atoms with van der Waals surface area (Å²) in [6.45, 7) is 3.71. The van der Waals surface area contributed by atoms with Crippen LogP contribution in [0.5, 0.6) is 11.5 Å². The molecule has 0 fully saturated rings. The van der Waals surface area contributed by atoms with E-state index in [1.165, 1.54) is 0 Å². The van der Waals surface area contributed by atoms with Crippen LogP contribution in [-0.2, 0) is 11.2 Å². The third-order valence-corrected chi connectivity index (χ3v) is 3.98. The second-order valence-electron chi connectivity index (χ2n) is 5.61. The summed E-state index contributed by atoms with van der Waals surface area (Å²) in [6.07, 6.45) is 0.650. The molecule has 2 aromatic rings. The van der Waals surface area contributed by atoms with E-state index in [2.05, 4.69) is 26.5 Å². The van der Waals surface area contributed by atoms with Gasteiger partial charge in [-0.3, -0.25) is 4.79 Å². The van der Waals surface area contributed by atoms with Crippen molar-refractivity contribution in [1.82, 2.24) is 5.43 Å². The highest BCUT2D eigenvalue weighted by Gasteiger charge is 2.05. The molecule has 0 radical (unpaired) electrons. The third-order valence-electron chi connectivity index (χ3n) is 3.49. The summed E-state index contributed by atoms with van der Waals surface area (Å²) < 4.78 is 11.6. The first kappa shape index (κ1) is 19.0. The maximum Gasteiger partial charge on any atom is 0.277 e. The first-order chi connectivity index (χ1) is 12.0. The highest BCUT2D eigenvalue weighted by Crippen LogP contribution is 2.21. The summed E-state index contributed by atoms with van der Waals surface area (Å²) in [5, 5.41) is 4.11. The zero-order chi connectivity index (χ0) is 18.2. The molecule has 0 spiro atoms. The molecule has 0 unspecified atom stereocenters. The van der Waals surface area contributed by atoms with E-state index >= 15 is 0 Å². The molecule has 0 aliphatic carbocycles. The van der Waals surface area contributed by atoms with Crippen LogP contribution in [0.25, 0.3) is 0 Å². The Morgan fingerprint density at radius 1 is 1.20 bits per heavy atom. The van der Waals surface area contributed by atoms with Crippen LogP contribution in [0.15, 0.2) is 52.0 Å². The lowest BCUT2D eigenvalue weighted by Gasteiger charge is -2.09. The second kappa shape index (κ2) is 9.22. The Kier molecular flexibility index (Phi) is 7.01. The zero-order valence-corrected chi connectivity index (χ0v) is 16.1. The number of ether oxygens (including phenoxy) is 2. The van der Waals surface area contributed by atoms with Gasteiger partial charge in [0.05, 0.1) is 7.11 Å². The Hall–Kier alpha value is -2.34. The van der Waals surface area contributed by atoms with Crippen molar-refractivity contribution < 1.29 is 14.3 Å². The van der Waals surface area contributed by atoms with Crippen LogP contribution < -0.4 is 14.9 Å². The van der Waals surface area contributed by atoms with E-state index in [1.807, 2.05) is 56.3 Å². The summed E-state index contributed by atoms with van der Waals surface area (Å²) in [7, 11) is 1.63. The summed E-state index contributed by atoms with van der Waals surface area (Å²) in [6, 6.07) is 13.4. The number of benzene rings is 2. The largest absolute Gasteiger partial charge is 0.497 e. The molecule has 0 saturated heterocycles. The lowest BCUT2D eigenvalue weighted by Crippen LogP contribution is -2.25. The van der Waals surface area contributed by atoms with Crippen LogP contribution in [0.3, 0.4) is 0 Å². The van der Waals surface area contributed by atoms with Gasteiger partial charge in [0.25, 0.3) is 5.91 Å². The van der Waals surface area contributed by atoms with Gasteiger partial charge in [0.2, 0.25) is 0 Å². The monoisotopic (exact) mass is 404 g/mol. The van der Waals surface area contributed by atoms with Gasteiger partial charge < -0.3 is 9.47 Å². The number of halogens is 1. The first-order valence-electron chi connectivity index (χ1n) is 7.82. The summed E-state index contributed by atoms with van der Waals surface area (Å²) in [5.41, 5.74) is 5.38. The van der Waals surface area contributed by atoms with E-state index in [9.17, 15) is 4.79 Å². The van der Waals surface area contributed by atoms with Crippen molar-refractivity contribution in [3.05, 3.63) is 58.1 Å². The number of methoxy groups -OCH3 is 1. The predicted molar refractivity (Wildman–Crippen MR) is 102 cm³/mol. The van der Waals surface area contributed by atoms with Gasteiger partial charge in [-0.15, -0.1) is 0 Å². The molecule has 0 bridgehead atoms. The van der Waals surface area contributed by atoms with Crippen LogP contribution in [0.4, 0.5) is 0 Å². The van der Waals surface area contributed by atoms with Crippen molar-refractivity contribution in [2.24, 2.45) is 5.10 Å². The van der Waals surface area contributed by atoms with Gasteiger partial charge in [-0.25, -0.2) is 5.43 Å².